The fourth-order valence-electron chi connectivity index (χ4n) is 2.91. The number of para-hydroxylation sites is 1. The smallest absolute Gasteiger partial charge is 0.338 e. The van der Waals surface area contributed by atoms with Crippen molar-refractivity contribution in [3.63, 3.8) is 0 Å². The minimum atomic E-state index is -4.63. The fraction of sp³-hybridized carbons (Fsp3) is 0.348. The first kappa shape index (κ1) is 27.6. The van der Waals surface area contributed by atoms with Crippen molar-refractivity contribution in [1.29, 1.82) is 0 Å². The average molecular weight is 508 g/mol. The van der Waals surface area contributed by atoms with Crippen molar-refractivity contribution in [2.24, 2.45) is 5.73 Å². The lowest BCUT2D eigenvalue weighted by atomic mass is 10.1. The molecule has 2 rings (SSSR count). The van der Waals surface area contributed by atoms with Gasteiger partial charge in [-0.2, -0.15) is 0 Å². The summed E-state index contributed by atoms with van der Waals surface area (Å²) in [5.74, 6) is -3.20. The second-order valence-electron chi connectivity index (χ2n) is 7.44. The second kappa shape index (κ2) is 12.7. The zero-order valence-corrected chi connectivity index (χ0v) is 20.3. The standard InChI is InChI=1S/C23H29N3O8S/c1-3-5-11-25-18-12-15(23(30)33-4-2)13-19(21(18)34-16-9-7-6-8-10-16)35(31,32)26-20(27)14-17(24)22(28)29/h6-10,12-13,17,25H,3-5,11,14,24H2,1-2H3,(H,26,27)(H,28,29)/t17-/m0/s1. The molecule has 0 aromatic heterocycles. The van der Waals surface area contributed by atoms with Gasteiger partial charge < -0.3 is 25.6 Å². The number of nitrogens with one attached hydrogen (secondary N) is 2. The third-order valence-corrected chi connectivity index (χ3v) is 6.01. The number of hydrogen-bond acceptors (Lipinski definition) is 9. The monoisotopic (exact) mass is 507 g/mol. The number of hydrogen-bond donors (Lipinski definition) is 4. The molecule has 0 aliphatic rings. The van der Waals surface area contributed by atoms with Gasteiger partial charge in [-0.25, -0.2) is 17.9 Å². The van der Waals surface area contributed by atoms with Crippen molar-refractivity contribution in [3.8, 4) is 11.5 Å². The van der Waals surface area contributed by atoms with Crippen LogP contribution in [0.2, 0.25) is 0 Å². The van der Waals surface area contributed by atoms with Gasteiger partial charge in [-0.15, -0.1) is 0 Å². The summed E-state index contributed by atoms with van der Waals surface area (Å²) in [6, 6.07) is 9.20. The number of carboxylic acids is 1. The van der Waals surface area contributed by atoms with Gasteiger partial charge in [0.15, 0.2) is 5.75 Å². The van der Waals surface area contributed by atoms with E-state index in [1.165, 1.54) is 6.07 Å². The highest BCUT2D eigenvalue weighted by Crippen LogP contribution is 2.38. The van der Waals surface area contributed by atoms with Crippen LogP contribution in [-0.2, 0) is 24.3 Å². The largest absolute Gasteiger partial charge is 0.480 e. The Hall–Kier alpha value is -3.64. The zero-order valence-electron chi connectivity index (χ0n) is 19.4. The van der Waals surface area contributed by atoms with Crippen LogP contribution in [0.3, 0.4) is 0 Å². The predicted octanol–water partition coefficient (Wildman–Crippen LogP) is 2.47. The molecule has 35 heavy (non-hydrogen) atoms. The van der Waals surface area contributed by atoms with Crippen LogP contribution in [0.5, 0.6) is 11.5 Å². The molecule has 0 bridgehead atoms. The van der Waals surface area contributed by atoms with Crippen LogP contribution in [0.1, 0.15) is 43.5 Å². The summed E-state index contributed by atoms with van der Waals surface area (Å²) in [4.78, 5) is 35.1. The van der Waals surface area contributed by atoms with Gasteiger partial charge in [-0.3, -0.25) is 9.59 Å². The minimum absolute atomic E-state index is 0.0611. The fourth-order valence-corrected chi connectivity index (χ4v) is 4.08. The maximum absolute atomic E-state index is 13.2. The maximum atomic E-state index is 13.2. The number of carbonyl (C=O) groups is 3. The van der Waals surface area contributed by atoms with Gasteiger partial charge in [-0.05, 0) is 37.6 Å². The van der Waals surface area contributed by atoms with Gasteiger partial charge in [0.05, 0.1) is 24.3 Å². The van der Waals surface area contributed by atoms with Gasteiger partial charge in [0.2, 0.25) is 5.91 Å². The number of anilines is 1. The summed E-state index contributed by atoms with van der Waals surface area (Å²) >= 11 is 0. The molecule has 12 heteroatoms. The Kier molecular flexibility index (Phi) is 10.0. The Morgan fingerprint density at radius 1 is 1.11 bits per heavy atom. The average Bonchev–Trinajstić information content (AvgIpc) is 2.80. The summed E-state index contributed by atoms with van der Waals surface area (Å²) in [5, 5.41) is 12.0. The third-order valence-electron chi connectivity index (χ3n) is 4.64. The van der Waals surface area contributed by atoms with E-state index in [2.05, 4.69) is 5.32 Å². The number of carboxylic acid groups (broad SMARTS) is 1. The Morgan fingerprint density at radius 3 is 2.40 bits per heavy atom. The number of ether oxygens (including phenoxy) is 2. The van der Waals surface area contributed by atoms with Crippen LogP contribution in [0, 0.1) is 0 Å². The van der Waals surface area contributed by atoms with E-state index in [9.17, 15) is 22.8 Å². The number of aliphatic carboxylic acids is 1. The van der Waals surface area contributed by atoms with E-state index in [1.807, 2.05) is 11.6 Å². The first-order valence-electron chi connectivity index (χ1n) is 10.9. The highest BCUT2D eigenvalue weighted by atomic mass is 32.2. The molecular formula is C23H29N3O8S. The Labute approximate surface area is 203 Å². The lowest BCUT2D eigenvalue weighted by Crippen LogP contribution is -2.39. The molecule has 190 valence electrons. The summed E-state index contributed by atoms with van der Waals surface area (Å²) < 4.78 is 39.2. The van der Waals surface area contributed by atoms with Crippen molar-refractivity contribution in [3.05, 3.63) is 48.0 Å². The second-order valence-corrected chi connectivity index (χ2v) is 9.10. The van der Waals surface area contributed by atoms with Crippen molar-refractivity contribution < 1.29 is 37.4 Å². The molecule has 0 radical (unpaired) electrons. The van der Waals surface area contributed by atoms with E-state index >= 15 is 0 Å². The van der Waals surface area contributed by atoms with Gasteiger partial charge in [0.1, 0.15) is 16.7 Å². The molecule has 5 N–H and O–H groups in total. The molecule has 2 aromatic carbocycles. The van der Waals surface area contributed by atoms with Crippen LogP contribution < -0.4 is 20.5 Å². The summed E-state index contributed by atoms with van der Waals surface area (Å²) in [5.41, 5.74) is 5.46. The summed E-state index contributed by atoms with van der Waals surface area (Å²) in [6.07, 6.45) is 0.827. The van der Waals surface area contributed by atoms with Crippen LogP contribution in [0.15, 0.2) is 47.4 Å². The van der Waals surface area contributed by atoms with Crippen LogP contribution in [-0.4, -0.2) is 50.6 Å². The Balaban J connectivity index is 2.61. The highest BCUT2D eigenvalue weighted by Gasteiger charge is 2.29. The molecule has 0 aliphatic carbocycles. The van der Waals surface area contributed by atoms with Crippen LogP contribution in [0.4, 0.5) is 5.69 Å². The normalized spacial score (nSPS) is 11.9. The Bertz CT molecular complexity index is 1150. The van der Waals surface area contributed by atoms with Crippen molar-refractivity contribution in [2.75, 3.05) is 18.5 Å². The number of rotatable bonds is 13. The zero-order chi connectivity index (χ0) is 26.0. The van der Waals surface area contributed by atoms with E-state index in [1.54, 1.807) is 37.3 Å². The van der Waals surface area contributed by atoms with Gasteiger partial charge in [-0.1, -0.05) is 31.5 Å². The quantitative estimate of drug-likeness (QED) is 0.233. The lowest BCUT2D eigenvalue weighted by molar-refractivity contribution is -0.140. The van der Waals surface area contributed by atoms with Crippen LogP contribution >= 0.6 is 0 Å². The molecular weight excluding hydrogens is 478 g/mol. The Morgan fingerprint density at radius 2 is 1.80 bits per heavy atom. The number of benzene rings is 2. The first-order chi connectivity index (χ1) is 16.6. The number of sulfonamides is 1. The molecule has 0 spiro atoms. The van der Waals surface area contributed by atoms with E-state index in [-0.39, 0.29) is 23.6 Å². The first-order valence-corrected chi connectivity index (χ1v) is 12.4. The molecule has 0 unspecified atom stereocenters. The number of nitrogens with two attached hydrogens (primary N) is 1. The SMILES string of the molecule is CCCCNc1cc(C(=O)OCC)cc(S(=O)(=O)NC(=O)C[C@H](N)C(=O)O)c1Oc1ccccc1. The molecule has 0 aliphatic heterocycles. The molecule has 11 nitrogen and oxygen atoms in total. The van der Waals surface area contributed by atoms with E-state index in [0.717, 1.165) is 18.9 Å². The minimum Gasteiger partial charge on any atom is -0.480 e. The molecule has 0 saturated carbocycles. The third kappa shape index (κ3) is 7.97. The van der Waals surface area contributed by atoms with Crippen LogP contribution in [0.25, 0.3) is 0 Å². The van der Waals surface area contributed by atoms with E-state index < -0.39 is 45.2 Å². The number of unbranched alkanes of at least 4 members (excludes halogenated alkanes) is 1. The number of amides is 1. The van der Waals surface area contributed by atoms with E-state index in [4.69, 9.17) is 20.3 Å². The lowest BCUT2D eigenvalue weighted by Gasteiger charge is -2.19. The topological polar surface area (TPSA) is 174 Å². The number of esters is 1. The summed E-state index contributed by atoms with van der Waals surface area (Å²) in [7, 11) is -4.63. The molecule has 0 heterocycles. The molecule has 1 atom stereocenters. The molecule has 0 saturated heterocycles. The van der Waals surface area contributed by atoms with Gasteiger partial charge >= 0.3 is 11.9 Å². The van der Waals surface area contributed by atoms with Crippen molar-refractivity contribution in [2.45, 2.75) is 44.0 Å². The maximum Gasteiger partial charge on any atom is 0.338 e. The molecule has 0 fully saturated rings. The molecule has 2 aromatic rings. The van der Waals surface area contributed by atoms with Gasteiger partial charge in [0.25, 0.3) is 10.0 Å². The predicted molar refractivity (Wildman–Crippen MR) is 128 cm³/mol. The van der Waals surface area contributed by atoms with Crippen molar-refractivity contribution >= 4 is 33.6 Å². The number of carbonyl (C=O) groups excluding carboxylic acids is 2. The highest BCUT2D eigenvalue weighted by molar-refractivity contribution is 7.90. The van der Waals surface area contributed by atoms with Crippen molar-refractivity contribution in [1.82, 2.24) is 4.72 Å². The van der Waals surface area contributed by atoms with E-state index in [0.29, 0.717) is 12.3 Å². The molecule has 1 amide bonds. The summed E-state index contributed by atoms with van der Waals surface area (Å²) in [6.45, 7) is 4.10. The van der Waals surface area contributed by atoms with Gasteiger partial charge in [0, 0.05) is 6.54 Å².